The van der Waals surface area contributed by atoms with Crippen molar-refractivity contribution in [3.63, 3.8) is 0 Å². The molecule has 6 nitrogen and oxygen atoms in total. The summed E-state index contributed by atoms with van der Waals surface area (Å²) in [6.07, 6.45) is 2.92. The van der Waals surface area contributed by atoms with Crippen LogP contribution in [0.3, 0.4) is 0 Å². The Morgan fingerprint density at radius 2 is 2.05 bits per heavy atom. The van der Waals surface area contributed by atoms with Crippen LogP contribution in [0.25, 0.3) is 0 Å². The molecule has 1 aromatic carbocycles. The molecule has 2 N–H and O–H groups in total. The van der Waals surface area contributed by atoms with E-state index in [0.29, 0.717) is 17.3 Å². The summed E-state index contributed by atoms with van der Waals surface area (Å²) in [6, 6.07) is 6.31. The molecule has 0 spiro atoms. The maximum Gasteiger partial charge on any atom is 0.240 e. The maximum absolute atomic E-state index is 12.2. The van der Waals surface area contributed by atoms with Crippen LogP contribution < -0.4 is 10.0 Å². The molecular weight excluding hydrogens is 312 g/mol. The summed E-state index contributed by atoms with van der Waals surface area (Å²) in [4.78, 5) is 7.86. The lowest BCUT2D eigenvalue weighted by molar-refractivity contribution is 0.580. The van der Waals surface area contributed by atoms with Crippen molar-refractivity contribution in [1.82, 2.24) is 20.0 Å². The number of sulfonamides is 1. The number of nitrogens with zero attached hydrogens (tertiary/aromatic N) is 2. The van der Waals surface area contributed by atoms with Crippen molar-refractivity contribution in [2.24, 2.45) is 0 Å². The van der Waals surface area contributed by atoms with Gasteiger partial charge >= 0.3 is 0 Å². The highest BCUT2D eigenvalue weighted by Gasteiger charge is 2.15. The topological polar surface area (TPSA) is 84.0 Å². The van der Waals surface area contributed by atoms with E-state index >= 15 is 0 Å². The summed E-state index contributed by atoms with van der Waals surface area (Å²) < 4.78 is 26.9. The van der Waals surface area contributed by atoms with Gasteiger partial charge < -0.3 is 5.32 Å². The van der Waals surface area contributed by atoms with E-state index in [1.807, 2.05) is 0 Å². The highest BCUT2D eigenvalue weighted by atomic mass is 35.5. The summed E-state index contributed by atoms with van der Waals surface area (Å²) in [6.45, 7) is 0.675. The van der Waals surface area contributed by atoms with E-state index in [-0.39, 0.29) is 11.4 Å². The predicted molar refractivity (Wildman–Crippen MR) is 80.3 cm³/mol. The maximum atomic E-state index is 12.2. The molecule has 0 saturated heterocycles. The van der Waals surface area contributed by atoms with Gasteiger partial charge in [0, 0.05) is 17.8 Å². The van der Waals surface area contributed by atoms with Gasteiger partial charge in [0.2, 0.25) is 10.0 Å². The van der Waals surface area contributed by atoms with E-state index in [2.05, 4.69) is 20.0 Å². The molecule has 112 valence electrons. The van der Waals surface area contributed by atoms with Gasteiger partial charge in [-0.15, -0.1) is 0 Å². The van der Waals surface area contributed by atoms with E-state index < -0.39 is 10.0 Å². The minimum atomic E-state index is -3.63. The predicted octanol–water partition coefficient (Wildman–Crippen LogP) is 1.33. The first-order chi connectivity index (χ1) is 10.0. The zero-order valence-electron chi connectivity index (χ0n) is 11.4. The Kier molecular flexibility index (Phi) is 5.24. The molecule has 0 aliphatic rings. The van der Waals surface area contributed by atoms with Crippen molar-refractivity contribution in [2.45, 2.75) is 18.0 Å². The Bertz CT molecular complexity index is 707. The molecule has 0 atom stereocenters. The van der Waals surface area contributed by atoms with Gasteiger partial charge in [-0.25, -0.2) is 23.1 Å². The van der Waals surface area contributed by atoms with Crippen LogP contribution in [0.5, 0.6) is 0 Å². The van der Waals surface area contributed by atoms with Gasteiger partial charge in [0.05, 0.1) is 17.1 Å². The molecule has 21 heavy (non-hydrogen) atoms. The van der Waals surface area contributed by atoms with Gasteiger partial charge in [0.15, 0.2) is 0 Å². The molecule has 0 amide bonds. The summed E-state index contributed by atoms with van der Waals surface area (Å²) in [5, 5.41) is 3.38. The number of nitrogens with one attached hydrogen (secondary N) is 2. The van der Waals surface area contributed by atoms with Gasteiger partial charge in [-0.2, -0.15) is 0 Å². The number of halogens is 1. The minimum Gasteiger partial charge on any atom is -0.316 e. The van der Waals surface area contributed by atoms with Crippen LogP contribution in [0.2, 0.25) is 5.02 Å². The first-order valence-electron chi connectivity index (χ1n) is 6.20. The summed E-state index contributed by atoms with van der Waals surface area (Å²) >= 11 is 6.08. The van der Waals surface area contributed by atoms with Crippen molar-refractivity contribution >= 4 is 21.6 Å². The van der Waals surface area contributed by atoms with Crippen molar-refractivity contribution in [3.05, 3.63) is 53.1 Å². The fourth-order valence-electron chi connectivity index (χ4n) is 1.70. The number of rotatable bonds is 6. The largest absolute Gasteiger partial charge is 0.316 e. The monoisotopic (exact) mass is 326 g/mol. The molecule has 0 unspecified atom stereocenters. The third kappa shape index (κ3) is 4.21. The summed E-state index contributed by atoms with van der Waals surface area (Å²) in [5.41, 5.74) is 1.43. The van der Waals surface area contributed by atoms with E-state index in [1.54, 1.807) is 25.4 Å². The average molecular weight is 327 g/mol. The molecule has 2 rings (SSSR count). The van der Waals surface area contributed by atoms with Gasteiger partial charge in [0.1, 0.15) is 6.33 Å². The second-order valence-corrected chi connectivity index (χ2v) is 6.48. The Morgan fingerprint density at radius 1 is 1.24 bits per heavy atom. The van der Waals surface area contributed by atoms with E-state index in [4.69, 9.17) is 11.6 Å². The lowest BCUT2D eigenvalue weighted by atomic mass is 10.2. The highest BCUT2D eigenvalue weighted by molar-refractivity contribution is 7.89. The Balaban J connectivity index is 2.14. The quantitative estimate of drug-likeness (QED) is 0.836. The first-order valence-corrected chi connectivity index (χ1v) is 8.06. The van der Waals surface area contributed by atoms with Crippen LogP contribution in [0.15, 0.2) is 41.7 Å². The van der Waals surface area contributed by atoms with Gasteiger partial charge in [-0.1, -0.05) is 17.7 Å². The van der Waals surface area contributed by atoms with Crippen molar-refractivity contribution in [3.8, 4) is 0 Å². The number of aromatic nitrogens is 2. The molecule has 0 aliphatic heterocycles. The average Bonchev–Trinajstić information content (AvgIpc) is 2.48. The Hall–Kier alpha value is -1.54. The normalized spacial score (nSPS) is 11.5. The zero-order chi connectivity index (χ0) is 15.3. The lowest BCUT2D eigenvalue weighted by Crippen LogP contribution is -2.23. The van der Waals surface area contributed by atoms with Gasteiger partial charge in [0.25, 0.3) is 0 Å². The van der Waals surface area contributed by atoms with Crippen LogP contribution in [-0.2, 0) is 23.1 Å². The molecule has 1 aromatic heterocycles. The van der Waals surface area contributed by atoms with Gasteiger partial charge in [-0.3, -0.25) is 0 Å². The second kappa shape index (κ2) is 6.95. The fraction of sp³-hybridized carbons (Fsp3) is 0.231. The first kappa shape index (κ1) is 15.8. The molecule has 8 heteroatoms. The lowest BCUT2D eigenvalue weighted by Gasteiger charge is -2.09. The van der Waals surface area contributed by atoms with Crippen molar-refractivity contribution < 1.29 is 8.42 Å². The van der Waals surface area contributed by atoms with Gasteiger partial charge in [-0.05, 0) is 30.8 Å². The molecule has 0 aliphatic carbocycles. The molecule has 2 aromatic rings. The van der Waals surface area contributed by atoms with Crippen LogP contribution in [0, 0.1) is 0 Å². The van der Waals surface area contributed by atoms with E-state index in [9.17, 15) is 8.42 Å². The van der Waals surface area contributed by atoms with E-state index in [1.165, 1.54) is 18.5 Å². The zero-order valence-corrected chi connectivity index (χ0v) is 12.9. The standard InChI is InChI=1S/C13H15ClN4O2S/c1-15-7-10-2-3-12(6-13(10)14)21(19,20)18-8-11-4-5-16-9-17-11/h2-6,9,15,18H,7-8H2,1H3. The van der Waals surface area contributed by atoms with Crippen LogP contribution >= 0.6 is 11.6 Å². The third-order valence-electron chi connectivity index (χ3n) is 2.79. The number of hydrogen-bond donors (Lipinski definition) is 2. The Labute approximate surface area is 128 Å². The van der Waals surface area contributed by atoms with Crippen molar-refractivity contribution in [1.29, 1.82) is 0 Å². The van der Waals surface area contributed by atoms with Crippen LogP contribution in [0.4, 0.5) is 0 Å². The second-order valence-electron chi connectivity index (χ2n) is 4.31. The molecule has 0 bridgehead atoms. The molecule has 0 radical (unpaired) electrons. The number of benzene rings is 1. The van der Waals surface area contributed by atoms with E-state index in [0.717, 1.165) is 5.56 Å². The smallest absolute Gasteiger partial charge is 0.240 e. The van der Waals surface area contributed by atoms with Crippen LogP contribution in [0.1, 0.15) is 11.3 Å². The molecule has 0 saturated carbocycles. The summed E-state index contributed by atoms with van der Waals surface area (Å²) in [7, 11) is -1.83. The minimum absolute atomic E-state index is 0.0980. The number of hydrogen-bond acceptors (Lipinski definition) is 5. The highest BCUT2D eigenvalue weighted by Crippen LogP contribution is 2.20. The molecular formula is C13H15ClN4O2S. The third-order valence-corrected chi connectivity index (χ3v) is 4.54. The fourth-order valence-corrected chi connectivity index (χ4v) is 3.04. The van der Waals surface area contributed by atoms with Crippen molar-refractivity contribution in [2.75, 3.05) is 7.05 Å². The SMILES string of the molecule is CNCc1ccc(S(=O)(=O)NCc2ccncn2)cc1Cl. The molecule has 1 heterocycles. The Morgan fingerprint density at radius 3 is 2.67 bits per heavy atom. The molecule has 0 fully saturated rings. The summed E-state index contributed by atoms with van der Waals surface area (Å²) in [5.74, 6) is 0. The van der Waals surface area contributed by atoms with Crippen LogP contribution in [-0.4, -0.2) is 25.4 Å².